The second kappa shape index (κ2) is 5.72. The SMILES string of the molecule is Cc1cc(NC(=O)c2cc([N+](=O)[O-])[nH]n2)n(-c2ccccc2)n1. The summed E-state index contributed by atoms with van der Waals surface area (Å²) in [4.78, 5) is 22.2. The zero-order valence-electron chi connectivity index (χ0n) is 12.1. The van der Waals surface area contributed by atoms with Crippen molar-refractivity contribution in [3.8, 4) is 5.69 Å². The lowest BCUT2D eigenvalue weighted by Gasteiger charge is -2.07. The maximum absolute atomic E-state index is 12.2. The van der Waals surface area contributed by atoms with Gasteiger partial charge in [-0.15, -0.1) is 5.10 Å². The van der Waals surface area contributed by atoms with Crippen molar-refractivity contribution in [2.75, 3.05) is 5.32 Å². The van der Waals surface area contributed by atoms with E-state index in [-0.39, 0.29) is 11.5 Å². The molecule has 3 aromatic rings. The smallest absolute Gasteiger partial charge is 0.343 e. The van der Waals surface area contributed by atoms with Crippen molar-refractivity contribution >= 4 is 17.5 Å². The molecule has 0 radical (unpaired) electrons. The number of nitrogens with one attached hydrogen (secondary N) is 2. The summed E-state index contributed by atoms with van der Waals surface area (Å²) in [6.07, 6.45) is 0. The average molecular weight is 312 g/mol. The number of aromatic nitrogens is 4. The Kier molecular flexibility index (Phi) is 3.59. The molecule has 0 saturated heterocycles. The maximum atomic E-state index is 12.2. The van der Waals surface area contributed by atoms with E-state index in [9.17, 15) is 14.9 Å². The van der Waals surface area contributed by atoms with Crippen molar-refractivity contribution in [2.45, 2.75) is 6.92 Å². The fraction of sp³-hybridized carbons (Fsp3) is 0.0714. The van der Waals surface area contributed by atoms with Crippen LogP contribution in [0.1, 0.15) is 16.2 Å². The van der Waals surface area contributed by atoms with Crippen molar-refractivity contribution in [1.82, 2.24) is 20.0 Å². The average Bonchev–Trinajstić information content (AvgIpc) is 3.15. The van der Waals surface area contributed by atoms with Crippen LogP contribution < -0.4 is 5.32 Å². The van der Waals surface area contributed by atoms with Gasteiger partial charge in [0.2, 0.25) is 0 Å². The third-order valence-electron chi connectivity index (χ3n) is 3.07. The minimum atomic E-state index is -0.651. The standard InChI is InChI=1S/C14H12N6O3/c1-9-7-12(19(18-9)10-5-3-2-4-6-10)15-14(21)11-8-13(17-16-11)20(22)23/h2-8H,1H3,(H,15,21)(H,16,17). The van der Waals surface area contributed by atoms with Gasteiger partial charge in [-0.2, -0.15) is 5.10 Å². The number of anilines is 1. The van der Waals surface area contributed by atoms with Gasteiger partial charge in [-0.1, -0.05) is 23.3 Å². The van der Waals surface area contributed by atoms with Crippen molar-refractivity contribution < 1.29 is 9.72 Å². The Morgan fingerprint density at radius 2 is 2.04 bits per heavy atom. The lowest BCUT2D eigenvalue weighted by molar-refractivity contribution is -0.389. The first-order valence-electron chi connectivity index (χ1n) is 6.68. The first-order chi connectivity index (χ1) is 11.0. The number of aromatic amines is 1. The number of hydrogen-bond donors (Lipinski definition) is 2. The van der Waals surface area contributed by atoms with E-state index in [2.05, 4.69) is 20.6 Å². The third-order valence-corrected chi connectivity index (χ3v) is 3.07. The number of carbonyl (C=O) groups excluding carboxylic acids is 1. The van der Waals surface area contributed by atoms with Gasteiger partial charge in [-0.3, -0.25) is 4.79 Å². The van der Waals surface area contributed by atoms with Crippen LogP contribution in [0.5, 0.6) is 0 Å². The summed E-state index contributed by atoms with van der Waals surface area (Å²) in [5.41, 5.74) is 1.43. The molecule has 116 valence electrons. The van der Waals surface area contributed by atoms with E-state index in [1.807, 2.05) is 30.3 Å². The van der Waals surface area contributed by atoms with Crippen LogP contribution in [0.2, 0.25) is 0 Å². The maximum Gasteiger partial charge on any atom is 0.343 e. The fourth-order valence-corrected chi connectivity index (χ4v) is 2.06. The Balaban J connectivity index is 1.88. The van der Waals surface area contributed by atoms with Crippen LogP contribution in [-0.4, -0.2) is 30.8 Å². The molecule has 2 aromatic heterocycles. The van der Waals surface area contributed by atoms with E-state index < -0.39 is 10.8 Å². The van der Waals surface area contributed by atoms with Crippen molar-refractivity contribution in [3.63, 3.8) is 0 Å². The molecule has 23 heavy (non-hydrogen) atoms. The predicted molar refractivity (Wildman–Crippen MR) is 81.5 cm³/mol. The van der Waals surface area contributed by atoms with Crippen LogP contribution >= 0.6 is 0 Å². The molecular weight excluding hydrogens is 300 g/mol. The predicted octanol–water partition coefficient (Wildman–Crippen LogP) is 2.06. The van der Waals surface area contributed by atoms with E-state index >= 15 is 0 Å². The largest absolute Gasteiger partial charge is 0.358 e. The Morgan fingerprint density at radius 3 is 2.70 bits per heavy atom. The number of benzene rings is 1. The summed E-state index contributed by atoms with van der Waals surface area (Å²) >= 11 is 0. The van der Waals surface area contributed by atoms with Crippen molar-refractivity contribution in [2.24, 2.45) is 0 Å². The summed E-state index contributed by atoms with van der Waals surface area (Å²) < 4.78 is 1.58. The zero-order valence-corrected chi connectivity index (χ0v) is 12.1. The minimum Gasteiger partial charge on any atom is -0.358 e. The van der Waals surface area contributed by atoms with Crippen LogP contribution in [0.4, 0.5) is 11.6 Å². The number of carbonyl (C=O) groups is 1. The number of rotatable bonds is 4. The molecule has 0 unspecified atom stereocenters. The molecule has 0 fully saturated rings. The van der Waals surface area contributed by atoms with Gasteiger partial charge in [0.05, 0.1) is 17.4 Å². The zero-order chi connectivity index (χ0) is 16.4. The highest BCUT2D eigenvalue weighted by Crippen LogP contribution is 2.18. The lowest BCUT2D eigenvalue weighted by atomic mass is 10.3. The molecule has 0 atom stereocenters. The number of hydrogen-bond acceptors (Lipinski definition) is 5. The van der Waals surface area contributed by atoms with Gasteiger partial charge in [-0.05, 0) is 24.0 Å². The quantitative estimate of drug-likeness (QED) is 0.564. The van der Waals surface area contributed by atoms with Crippen LogP contribution in [0.15, 0.2) is 42.5 Å². The normalized spacial score (nSPS) is 10.5. The van der Waals surface area contributed by atoms with E-state index in [0.717, 1.165) is 17.4 Å². The van der Waals surface area contributed by atoms with E-state index in [1.165, 1.54) is 0 Å². The fourth-order valence-electron chi connectivity index (χ4n) is 2.06. The summed E-state index contributed by atoms with van der Waals surface area (Å²) in [7, 11) is 0. The molecule has 9 heteroatoms. The monoisotopic (exact) mass is 312 g/mol. The van der Waals surface area contributed by atoms with E-state index in [1.54, 1.807) is 17.7 Å². The molecular formula is C14H12N6O3. The highest BCUT2D eigenvalue weighted by Gasteiger charge is 2.18. The highest BCUT2D eigenvalue weighted by molar-refractivity contribution is 6.02. The summed E-state index contributed by atoms with van der Waals surface area (Å²) in [6.45, 7) is 1.80. The van der Waals surface area contributed by atoms with Crippen LogP contribution in [0, 0.1) is 17.0 Å². The van der Waals surface area contributed by atoms with E-state index in [4.69, 9.17) is 0 Å². The number of nitrogens with zero attached hydrogens (tertiary/aromatic N) is 4. The molecule has 0 aliphatic heterocycles. The van der Waals surface area contributed by atoms with Crippen LogP contribution in [-0.2, 0) is 0 Å². The molecule has 0 aliphatic carbocycles. The van der Waals surface area contributed by atoms with E-state index in [0.29, 0.717) is 5.82 Å². The molecule has 9 nitrogen and oxygen atoms in total. The van der Waals surface area contributed by atoms with Gasteiger partial charge in [0.25, 0.3) is 5.91 Å². The number of aryl methyl sites for hydroxylation is 1. The number of para-hydroxylation sites is 1. The summed E-state index contributed by atoms with van der Waals surface area (Å²) in [5.74, 6) is -0.460. The lowest BCUT2D eigenvalue weighted by Crippen LogP contribution is -2.15. The van der Waals surface area contributed by atoms with Gasteiger partial charge in [-0.25, -0.2) is 4.68 Å². The first kappa shape index (κ1) is 14.4. The summed E-state index contributed by atoms with van der Waals surface area (Å²) in [5, 5.41) is 23.4. The van der Waals surface area contributed by atoms with Gasteiger partial charge in [0, 0.05) is 6.07 Å². The Hall–Kier alpha value is -3.49. The van der Waals surface area contributed by atoms with Crippen LogP contribution in [0.25, 0.3) is 5.69 Å². The molecule has 2 N–H and O–H groups in total. The van der Waals surface area contributed by atoms with Gasteiger partial charge >= 0.3 is 5.82 Å². The number of amides is 1. The highest BCUT2D eigenvalue weighted by atomic mass is 16.6. The molecule has 1 amide bonds. The van der Waals surface area contributed by atoms with Gasteiger partial charge in [0.1, 0.15) is 5.82 Å². The third kappa shape index (κ3) is 2.93. The van der Waals surface area contributed by atoms with Gasteiger partial charge < -0.3 is 15.4 Å². The minimum absolute atomic E-state index is 0.0739. The van der Waals surface area contributed by atoms with Gasteiger partial charge in [0.15, 0.2) is 5.69 Å². The number of nitro groups is 1. The number of H-pyrrole nitrogens is 1. The second-order valence-corrected chi connectivity index (χ2v) is 4.77. The van der Waals surface area contributed by atoms with Crippen LogP contribution in [0.3, 0.4) is 0 Å². The summed E-state index contributed by atoms with van der Waals surface area (Å²) in [6, 6.07) is 12.1. The molecule has 0 saturated carbocycles. The Labute approximate surface area is 130 Å². The topological polar surface area (TPSA) is 119 Å². The Morgan fingerprint density at radius 1 is 1.30 bits per heavy atom. The van der Waals surface area contributed by atoms with Crippen molar-refractivity contribution in [1.29, 1.82) is 0 Å². The molecule has 0 aliphatic rings. The Bertz CT molecular complexity index is 868. The molecule has 1 aromatic carbocycles. The second-order valence-electron chi connectivity index (χ2n) is 4.77. The first-order valence-corrected chi connectivity index (χ1v) is 6.68. The van der Waals surface area contributed by atoms with Crippen molar-refractivity contribution in [3.05, 3.63) is 64.0 Å². The molecule has 2 heterocycles. The molecule has 3 rings (SSSR count). The molecule has 0 spiro atoms. The molecule has 0 bridgehead atoms.